The third-order valence-electron chi connectivity index (χ3n) is 21.3. The number of aliphatic hydroxyl groups is 6. The highest BCUT2D eigenvalue weighted by molar-refractivity contribution is 5.94. The maximum Gasteiger partial charge on any atom is 0.334 e. The molecule has 21 atom stereocenters. The number of aromatic hydroxyl groups is 1. The van der Waals surface area contributed by atoms with E-state index in [1.54, 1.807) is 31.2 Å². The molecule has 80 heavy (non-hydrogen) atoms. The lowest BCUT2D eigenvalue weighted by atomic mass is 9.29. The minimum absolute atomic E-state index is 0.0241. The van der Waals surface area contributed by atoms with E-state index < -0.39 is 65.8 Å². The van der Waals surface area contributed by atoms with Crippen molar-refractivity contribution in [3.8, 4) is 11.5 Å². The second-order valence-electron chi connectivity index (χ2n) is 26.3. The maximum absolute atomic E-state index is 15.3. The van der Waals surface area contributed by atoms with Crippen LogP contribution in [-0.2, 0) is 36.6 Å². The van der Waals surface area contributed by atoms with E-state index in [0.717, 1.165) is 36.0 Å². The Hall–Kier alpha value is -4.64. The van der Waals surface area contributed by atoms with Gasteiger partial charge in [-0.3, -0.25) is 4.79 Å². The van der Waals surface area contributed by atoms with Crippen LogP contribution in [0.3, 0.4) is 0 Å². The summed E-state index contributed by atoms with van der Waals surface area (Å²) in [5.41, 5.74) is 4.17. The molecule has 11 aliphatic rings. The van der Waals surface area contributed by atoms with Gasteiger partial charge in [0, 0.05) is 54.4 Å². The number of ether oxygens (including phenoxy) is 4. The van der Waals surface area contributed by atoms with Crippen LogP contribution in [0.4, 0.5) is 0 Å². The monoisotopic (exact) mass is 1100 g/mol. The lowest BCUT2D eigenvalue weighted by Gasteiger charge is -2.74. The standard InChI is InChI=1S/C66H87NO13/c1-35(2)26-44-31-51-38(5)46-18-22-64(51)32-42-9-7-8-36(3)56(42)47-19-23-65(64,57(44)58(47)73)50(46)15-17-55(72)78-61-59(74)60-52(67-33-37(4)70)20-24-66(76,80-60)62(61)79-63(75)45(27-40-11-16-53(71)54(29-40)77-6)30-49-43(34-69)14-13-41-12-10-39(21-25-68)28-48(41)49/h10-12,16,18-20,22-24,27-29,31,35-38,42-43,46-47,49-52,56-62,67-71,73-74,76H,7-9,13-15,17,21,25-26,30,32-34H2,1-6H3. The Morgan fingerprint density at radius 1 is 0.950 bits per heavy atom. The maximum atomic E-state index is 15.3. The molecule has 8 N–H and O–H groups in total. The molecule has 14 heteroatoms. The molecule has 1 saturated heterocycles. The number of rotatable bonds is 18. The lowest BCUT2D eigenvalue weighted by molar-refractivity contribution is -0.333. The molecule has 4 fully saturated rings. The van der Waals surface area contributed by atoms with Gasteiger partial charge in [-0.15, -0.1) is 0 Å². The highest BCUT2D eigenvalue weighted by atomic mass is 16.7. The van der Waals surface area contributed by atoms with Gasteiger partial charge >= 0.3 is 11.9 Å². The number of phenols is 1. The summed E-state index contributed by atoms with van der Waals surface area (Å²) in [6, 6.07) is 9.96. The van der Waals surface area contributed by atoms with Crippen molar-refractivity contribution in [2.24, 2.45) is 75.9 Å². The topological polar surface area (TPSA) is 225 Å². The highest BCUT2D eigenvalue weighted by Gasteiger charge is 2.74. The molecule has 2 aromatic carbocycles. The van der Waals surface area contributed by atoms with Crippen LogP contribution < -0.4 is 10.1 Å². The number of fused-ring (bicyclic) bond motifs is 3. The summed E-state index contributed by atoms with van der Waals surface area (Å²) >= 11 is 0. The molecular weight excluding hydrogens is 1010 g/mol. The Kier molecular flexibility index (Phi) is 16.1. The third-order valence-corrected chi connectivity index (χ3v) is 21.3. The zero-order valence-corrected chi connectivity index (χ0v) is 47.5. The van der Waals surface area contributed by atoms with Gasteiger partial charge in [-0.2, -0.15) is 0 Å². The average Bonchev–Trinajstić information content (AvgIpc) is 1.69. The van der Waals surface area contributed by atoms with Gasteiger partial charge in [0.05, 0.1) is 25.4 Å². The van der Waals surface area contributed by atoms with E-state index in [0.29, 0.717) is 54.9 Å². The van der Waals surface area contributed by atoms with Crippen LogP contribution in [0.25, 0.3) is 6.08 Å². The smallest absolute Gasteiger partial charge is 0.334 e. The van der Waals surface area contributed by atoms with Crippen molar-refractivity contribution in [2.75, 3.05) is 26.9 Å². The third kappa shape index (κ3) is 9.76. The van der Waals surface area contributed by atoms with Crippen LogP contribution in [-0.4, -0.2) is 123 Å². The molecule has 3 saturated carbocycles. The Labute approximate surface area is 472 Å². The van der Waals surface area contributed by atoms with Gasteiger partial charge in [0.2, 0.25) is 5.79 Å². The van der Waals surface area contributed by atoms with Crippen LogP contribution in [0.5, 0.6) is 11.5 Å². The molecule has 9 aliphatic carbocycles. The summed E-state index contributed by atoms with van der Waals surface area (Å²) in [4.78, 5) is 30.3. The molecule has 8 bridgehead atoms. The first kappa shape index (κ1) is 57.2. The van der Waals surface area contributed by atoms with E-state index in [4.69, 9.17) is 18.9 Å². The second-order valence-corrected chi connectivity index (χ2v) is 26.3. The highest BCUT2D eigenvalue weighted by Crippen LogP contribution is 2.78. The Balaban J connectivity index is 0.934. The fourth-order valence-corrected chi connectivity index (χ4v) is 18.0. The molecular formula is C66H87NO13. The first-order valence-electron chi connectivity index (χ1n) is 30.1. The molecule has 0 amide bonds. The number of carbonyl (C=O) groups is 2. The molecule has 2 heterocycles. The molecule has 0 aromatic heterocycles. The fourth-order valence-electron chi connectivity index (χ4n) is 18.0. The van der Waals surface area contributed by atoms with E-state index in [2.05, 4.69) is 63.4 Å². The zero-order valence-electron chi connectivity index (χ0n) is 47.5. The van der Waals surface area contributed by atoms with Gasteiger partial charge in [-0.05, 0) is 158 Å². The number of hydrogen-bond donors (Lipinski definition) is 8. The summed E-state index contributed by atoms with van der Waals surface area (Å²) in [7, 11) is 1.42. The molecule has 14 nitrogen and oxygen atoms in total. The largest absolute Gasteiger partial charge is 0.504 e. The van der Waals surface area contributed by atoms with Crippen molar-refractivity contribution >= 4 is 18.0 Å². The summed E-state index contributed by atoms with van der Waals surface area (Å²) in [6.45, 7) is 10.8. The van der Waals surface area contributed by atoms with Crippen molar-refractivity contribution in [3.05, 3.63) is 112 Å². The summed E-state index contributed by atoms with van der Waals surface area (Å²) < 4.78 is 24.6. The summed E-state index contributed by atoms with van der Waals surface area (Å²) in [5.74, 6) is -2.13. The number of carbonyl (C=O) groups excluding carboxylic acids is 2. The molecule has 434 valence electrons. The Morgan fingerprint density at radius 3 is 2.50 bits per heavy atom. The molecule has 0 radical (unpaired) electrons. The number of hydrogen-bond acceptors (Lipinski definition) is 14. The fraction of sp³-hybridized carbons (Fsp3) is 0.636. The number of nitrogens with one attached hydrogen (secondary N) is 1. The average molecular weight is 1100 g/mol. The second kappa shape index (κ2) is 22.5. The minimum Gasteiger partial charge on any atom is -0.504 e. The lowest BCUT2D eigenvalue weighted by Crippen LogP contribution is -2.71. The normalized spacial score (nSPS) is 40.3. The van der Waals surface area contributed by atoms with Gasteiger partial charge in [-0.1, -0.05) is 113 Å². The van der Waals surface area contributed by atoms with Crippen molar-refractivity contribution in [2.45, 2.75) is 160 Å². The van der Waals surface area contributed by atoms with Gasteiger partial charge in [-0.25, -0.2) is 4.79 Å². The van der Waals surface area contributed by atoms with Crippen LogP contribution in [0.2, 0.25) is 0 Å². The number of aryl methyl sites for hydroxylation is 1. The van der Waals surface area contributed by atoms with Crippen molar-refractivity contribution in [1.29, 1.82) is 0 Å². The number of benzene rings is 2. The predicted octanol–water partition coefficient (Wildman–Crippen LogP) is 7.65. The zero-order chi connectivity index (χ0) is 56.6. The Morgan fingerprint density at radius 2 is 1.75 bits per heavy atom. The molecule has 2 spiro atoms. The van der Waals surface area contributed by atoms with Crippen molar-refractivity contribution < 1.29 is 64.3 Å². The van der Waals surface area contributed by atoms with E-state index in [1.807, 2.05) is 18.2 Å². The predicted molar refractivity (Wildman–Crippen MR) is 301 cm³/mol. The van der Waals surface area contributed by atoms with Gasteiger partial charge in [0.1, 0.15) is 12.2 Å². The van der Waals surface area contributed by atoms with Crippen molar-refractivity contribution in [3.63, 3.8) is 0 Å². The van der Waals surface area contributed by atoms with E-state index >= 15 is 9.59 Å². The van der Waals surface area contributed by atoms with Crippen LogP contribution in [0.1, 0.15) is 121 Å². The van der Waals surface area contributed by atoms with Gasteiger partial charge in [0.15, 0.2) is 23.7 Å². The van der Waals surface area contributed by atoms with E-state index in [9.17, 15) is 35.7 Å². The first-order valence-corrected chi connectivity index (χ1v) is 30.1. The Bertz CT molecular complexity index is 2800. The van der Waals surface area contributed by atoms with E-state index in [-0.39, 0.29) is 102 Å². The molecule has 2 aromatic rings. The van der Waals surface area contributed by atoms with Gasteiger partial charge in [0.25, 0.3) is 0 Å². The number of esters is 2. The van der Waals surface area contributed by atoms with E-state index in [1.165, 1.54) is 37.7 Å². The van der Waals surface area contributed by atoms with Gasteiger partial charge < -0.3 is 60.0 Å². The van der Waals surface area contributed by atoms with Crippen LogP contribution in [0.15, 0.2) is 90.1 Å². The number of methoxy groups -OCH3 is 1. The first-order chi connectivity index (χ1) is 38.3. The molecule has 13 rings (SSSR count). The quantitative estimate of drug-likeness (QED) is 0.0408. The summed E-state index contributed by atoms with van der Waals surface area (Å²) in [6.07, 6.45) is 17.2. The van der Waals surface area contributed by atoms with Crippen molar-refractivity contribution in [1.82, 2.24) is 5.32 Å². The molecule has 21 unspecified atom stereocenters. The minimum atomic E-state index is -2.38. The summed E-state index contributed by atoms with van der Waals surface area (Å²) in [5, 5.41) is 82.9. The van der Waals surface area contributed by atoms with Crippen LogP contribution >= 0.6 is 0 Å². The number of aliphatic hydroxyl groups excluding tert-OH is 5. The molecule has 2 aliphatic heterocycles. The van der Waals surface area contributed by atoms with Crippen LogP contribution in [0, 0.1) is 75.9 Å². The number of phenolic OH excluding ortho intramolecular Hbond substituents is 1. The number of allylic oxidation sites excluding steroid dienone is 4. The SMILES string of the molecule is COc1cc(C=C(CC2c3cc(CCO)ccc3CCC2CO)C(=O)OC2C(OC(=O)CCC3C4C=CC56CC7CCCC(C)C7C7C=CC35C(C(CC(C)C)=CC6C4C)C7O)C(O)C3OC2(O)C=CC3NCC(C)O)ccc1O.